The van der Waals surface area contributed by atoms with Crippen LogP contribution in [0.25, 0.3) is 0 Å². The zero-order chi connectivity index (χ0) is 17.7. The van der Waals surface area contributed by atoms with Gasteiger partial charge in [0.25, 0.3) is 0 Å². The third-order valence-corrected chi connectivity index (χ3v) is 4.66. The van der Waals surface area contributed by atoms with Gasteiger partial charge in [-0.25, -0.2) is 0 Å². The van der Waals surface area contributed by atoms with Gasteiger partial charge in [-0.2, -0.15) is 0 Å². The highest BCUT2D eigenvalue weighted by Gasteiger charge is 2.22. The van der Waals surface area contributed by atoms with Gasteiger partial charge < -0.3 is 10.4 Å². The van der Waals surface area contributed by atoms with Gasteiger partial charge in [-0.05, 0) is 48.7 Å². The zero-order valence-corrected chi connectivity index (χ0v) is 15.4. The van der Waals surface area contributed by atoms with Crippen molar-refractivity contribution in [3.8, 4) is 0 Å². The van der Waals surface area contributed by atoms with Crippen LogP contribution in [0.1, 0.15) is 17.5 Å². The first-order chi connectivity index (χ1) is 11.4. The summed E-state index contributed by atoms with van der Waals surface area (Å²) in [6.07, 6.45) is 0.196. The molecule has 0 aliphatic rings. The minimum absolute atomic E-state index is 0.0999. The Hall–Kier alpha value is -1.85. The Morgan fingerprint density at radius 2 is 1.88 bits per heavy atom. The van der Waals surface area contributed by atoms with Crippen molar-refractivity contribution in [1.29, 1.82) is 0 Å². The molecule has 0 radical (unpaired) electrons. The number of carbonyl (C=O) groups is 2. The Bertz CT molecular complexity index is 746. The predicted molar refractivity (Wildman–Crippen MR) is 98.4 cm³/mol. The minimum Gasteiger partial charge on any atom is -0.481 e. The van der Waals surface area contributed by atoms with Gasteiger partial charge in [0, 0.05) is 21.6 Å². The summed E-state index contributed by atoms with van der Waals surface area (Å²) < 4.78 is 0.923. The summed E-state index contributed by atoms with van der Waals surface area (Å²) in [5.74, 6) is -2.12. The summed E-state index contributed by atoms with van der Waals surface area (Å²) in [7, 11) is 0. The van der Waals surface area contributed by atoms with E-state index >= 15 is 0 Å². The normalized spacial score (nSPS) is 11.8. The van der Waals surface area contributed by atoms with Crippen LogP contribution in [-0.4, -0.2) is 17.0 Å². The highest BCUT2D eigenvalue weighted by Crippen LogP contribution is 2.24. The zero-order valence-electron chi connectivity index (χ0n) is 13.1. The summed E-state index contributed by atoms with van der Waals surface area (Å²) in [5.41, 5.74) is 2.23. The average Bonchev–Trinajstić information content (AvgIpc) is 2.53. The summed E-state index contributed by atoms with van der Waals surface area (Å²) in [4.78, 5) is 23.7. The van der Waals surface area contributed by atoms with E-state index in [-0.39, 0.29) is 12.3 Å². The van der Waals surface area contributed by atoms with Gasteiger partial charge in [0.1, 0.15) is 0 Å². The fraction of sp³-hybridized carbons (Fsp3) is 0.222. The molecule has 0 heterocycles. The van der Waals surface area contributed by atoms with Crippen molar-refractivity contribution < 1.29 is 14.7 Å². The second-order valence-electron chi connectivity index (χ2n) is 5.53. The van der Waals surface area contributed by atoms with Crippen LogP contribution in [0.2, 0.25) is 5.02 Å². The van der Waals surface area contributed by atoms with Crippen molar-refractivity contribution in [2.24, 2.45) is 5.92 Å². The molecule has 0 bridgehead atoms. The van der Waals surface area contributed by atoms with Crippen molar-refractivity contribution in [1.82, 2.24) is 0 Å². The summed E-state index contributed by atoms with van der Waals surface area (Å²) in [5, 5.41) is 12.7. The largest absolute Gasteiger partial charge is 0.481 e. The second kappa shape index (κ2) is 8.31. The molecule has 0 fully saturated rings. The lowest BCUT2D eigenvalue weighted by molar-refractivity contribution is -0.143. The molecule has 1 atom stereocenters. The number of carboxylic acid groups (broad SMARTS) is 1. The number of carbonyl (C=O) groups excluding carboxylic acids is 1. The van der Waals surface area contributed by atoms with Crippen LogP contribution in [0.4, 0.5) is 5.69 Å². The molecule has 4 nitrogen and oxygen atoms in total. The molecule has 1 unspecified atom stereocenters. The third kappa shape index (κ3) is 5.08. The average molecular weight is 411 g/mol. The van der Waals surface area contributed by atoms with E-state index in [0.29, 0.717) is 17.1 Å². The molecule has 0 saturated heterocycles. The monoisotopic (exact) mass is 409 g/mol. The number of hydrogen-bond donors (Lipinski definition) is 2. The lowest BCUT2D eigenvalue weighted by Crippen LogP contribution is -2.24. The van der Waals surface area contributed by atoms with Crippen LogP contribution in [0.15, 0.2) is 46.9 Å². The van der Waals surface area contributed by atoms with Crippen LogP contribution >= 0.6 is 27.5 Å². The van der Waals surface area contributed by atoms with Crippen LogP contribution in [0.3, 0.4) is 0 Å². The van der Waals surface area contributed by atoms with E-state index in [4.69, 9.17) is 11.6 Å². The highest BCUT2D eigenvalue weighted by atomic mass is 79.9. The smallest absolute Gasteiger partial charge is 0.307 e. The summed E-state index contributed by atoms with van der Waals surface area (Å²) in [6, 6.07) is 12.6. The lowest BCUT2D eigenvalue weighted by Gasteiger charge is -2.14. The predicted octanol–water partition coefficient (Wildman–Crippen LogP) is 4.68. The van der Waals surface area contributed by atoms with Gasteiger partial charge in [-0.1, -0.05) is 45.7 Å². The SMILES string of the molecule is Cc1c(Cl)cccc1NC(=O)CC(Cc1ccc(Br)cc1)C(=O)O. The van der Waals surface area contributed by atoms with E-state index < -0.39 is 11.9 Å². The molecular formula is C18H17BrClNO3. The van der Waals surface area contributed by atoms with E-state index in [0.717, 1.165) is 15.6 Å². The fourth-order valence-electron chi connectivity index (χ4n) is 2.32. The van der Waals surface area contributed by atoms with Gasteiger partial charge in [-0.3, -0.25) is 9.59 Å². The summed E-state index contributed by atoms with van der Waals surface area (Å²) in [6.45, 7) is 1.80. The third-order valence-electron chi connectivity index (χ3n) is 3.72. The van der Waals surface area contributed by atoms with Crippen molar-refractivity contribution in [3.05, 3.63) is 63.1 Å². The molecule has 2 aromatic rings. The van der Waals surface area contributed by atoms with Crippen molar-refractivity contribution >= 4 is 45.1 Å². The van der Waals surface area contributed by atoms with Crippen molar-refractivity contribution in [3.63, 3.8) is 0 Å². The Kier molecular flexibility index (Phi) is 6.40. The first kappa shape index (κ1) is 18.5. The number of benzene rings is 2. The van der Waals surface area contributed by atoms with Gasteiger partial charge in [-0.15, -0.1) is 0 Å². The standard InChI is InChI=1S/C18H17BrClNO3/c1-11-15(20)3-2-4-16(11)21-17(22)10-13(18(23)24)9-12-5-7-14(19)8-6-12/h2-8,13H,9-10H2,1H3,(H,21,22)(H,23,24). The fourth-order valence-corrected chi connectivity index (χ4v) is 2.76. The first-order valence-electron chi connectivity index (χ1n) is 7.39. The van der Waals surface area contributed by atoms with Gasteiger partial charge in [0.2, 0.25) is 5.91 Å². The maximum atomic E-state index is 12.2. The Labute approximate surface area is 154 Å². The molecule has 0 saturated carbocycles. The van der Waals surface area contributed by atoms with E-state index in [2.05, 4.69) is 21.2 Å². The van der Waals surface area contributed by atoms with Crippen molar-refractivity contribution in [2.45, 2.75) is 19.8 Å². The molecule has 6 heteroatoms. The maximum Gasteiger partial charge on any atom is 0.307 e. The maximum absolute atomic E-state index is 12.2. The number of aliphatic carboxylic acids is 1. The minimum atomic E-state index is -0.990. The number of amides is 1. The van der Waals surface area contributed by atoms with Gasteiger partial charge >= 0.3 is 5.97 Å². The van der Waals surface area contributed by atoms with Crippen molar-refractivity contribution in [2.75, 3.05) is 5.32 Å². The van der Waals surface area contributed by atoms with E-state index in [1.165, 1.54) is 0 Å². The molecule has 1 amide bonds. The van der Waals surface area contributed by atoms with E-state index in [9.17, 15) is 14.7 Å². The number of halogens is 2. The number of rotatable bonds is 6. The molecular weight excluding hydrogens is 394 g/mol. The number of carboxylic acids is 1. The number of hydrogen-bond acceptors (Lipinski definition) is 2. The molecule has 2 N–H and O–H groups in total. The quantitative estimate of drug-likeness (QED) is 0.726. The highest BCUT2D eigenvalue weighted by molar-refractivity contribution is 9.10. The van der Waals surface area contributed by atoms with Gasteiger partial charge in [0.15, 0.2) is 0 Å². The second-order valence-corrected chi connectivity index (χ2v) is 6.85. The van der Waals surface area contributed by atoms with Crippen LogP contribution in [0, 0.1) is 12.8 Å². The molecule has 0 spiro atoms. The Morgan fingerprint density at radius 3 is 2.50 bits per heavy atom. The van der Waals surface area contributed by atoms with Gasteiger partial charge in [0.05, 0.1) is 5.92 Å². The number of nitrogens with one attached hydrogen (secondary N) is 1. The van der Waals surface area contributed by atoms with E-state index in [1.54, 1.807) is 25.1 Å². The Balaban J connectivity index is 2.04. The van der Waals surface area contributed by atoms with E-state index in [1.807, 2.05) is 24.3 Å². The lowest BCUT2D eigenvalue weighted by atomic mass is 9.96. The molecule has 126 valence electrons. The molecule has 2 rings (SSSR count). The number of anilines is 1. The van der Waals surface area contributed by atoms with Crippen LogP contribution < -0.4 is 5.32 Å². The Morgan fingerprint density at radius 1 is 1.21 bits per heavy atom. The molecule has 24 heavy (non-hydrogen) atoms. The topological polar surface area (TPSA) is 66.4 Å². The molecule has 0 aromatic heterocycles. The first-order valence-corrected chi connectivity index (χ1v) is 8.56. The summed E-state index contributed by atoms with van der Waals surface area (Å²) >= 11 is 9.36. The molecule has 0 aliphatic heterocycles. The molecule has 0 aliphatic carbocycles. The van der Waals surface area contributed by atoms with Crippen LogP contribution in [-0.2, 0) is 16.0 Å². The van der Waals surface area contributed by atoms with Crippen LogP contribution in [0.5, 0.6) is 0 Å². The molecule has 2 aromatic carbocycles.